The zero-order valence-corrected chi connectivity index (χ0v) is 22.1. The van der Waals surface area contributed by atoms with Gasteiger partial charge in [-0.3, -0.25) is 14.5 Å². The van der Waals surface area contributed by atoms with Crippen molar-refractivity contribution in [1.82, 2.24) is 9.97 Å². The molecule has 3 heterocycles. The summed E-state index contributed by atoms with van der Waals surface area (Å²) in [5.74, 6) is -0.201. The van der Waals surface area contributed by atoms with Crippen molar-refractivity contribution in [3.63, 3.8) is 0 Å². The summed E-state index contributed by atoms with van der Waals surface area (Å²) in [5.41, 5.74) is 4.29. The number of benzene rings is 3. The van der Waals surface area contributed by atoms with Gasteiger partial charge in [-0.25, -0.2) is 4.98 Å². The second-order valence-electron chi connectivity index (χ2n) is 10.1. The van der Waals surface area contributed by atoms with Gasteiger partial charge < -0.3 is 24.5 Å². The number of carbonyl (C=O) groups is 2. The number of ether oxygens (including phenoxy) is 2. The Labute approximate surface area is 225 Å². The van der Waals surface area contributed by atoms with Gasteiger partial charge in [-0.15, -0.1) is 0 Å². The first-order valence-corrected chi connectivity index (χ1v) is 12.7. The molecule has 2 aliphatic rings. The summed E-state index contributed by atoms with van der Waals surface area (Å²) in [7, 11) is 5.44. The molecule has 2 aliphatic heterocycles. The monoisotopic (exact) mass is 524 g/mol. The van der Waals surface area contributed by atoms with E-state index < -0.39 is 17.7 Å². The van der Waals surface area contributed by atoms with E-state index in [4.69, 9.17) is 9.47 Å². The fourth-order valence-electron chi connectivity index (χ4n) is 5.26. The van der Waals surface area contributed by atoms with E-state index in [0.29, 0.717) is 34.3 Å². The van der Waals surface area contributed by atoms with E-state index in [1.807, 2.05) is 56.3 Å². The van der Waals surface area contributed by atoms with Gasteiger partial charge >= 0.3 is 5.91 Å². The highest BCUT2D eigenvalue weighted by atomic mass is 16.5. The molecule has 0 aliphatic carbocycles. The van der Waals surface area contributed by atoms with Crippen LogP contribution in [-0.4, -0.2) is 54.1 Å². The number of fused-ring (bicyclic) bond motifs is 2. The van der Waals surface area contributed by atoms with Crippen molar-refractivity contribution in [2.75, 3.05) is 31.0 Å². The number of aliphatic hydroxyl groups is 1. The molecule has 2 atom stereocenters. The Morgan fingerprint density at radius 3 is 2.59 bits per heavy atom. The Kier molecular flexibility index (Phi) is 5.79. The maximum atomic E-state index is 13.6. The van der Waals surface area contributed by atoms with Crippen LogP contribution in [-0.2, 0) is 16.0 Å². The molecule has 6 rings (SSSR count). The minimum absolute atomic E-state index is 0.00236. The van der Waals surface area contributed by atoms with Crippen LogP contribution in [0.2, 0.25) is 0 Å². The van der Waals surface area contributed by atoms with Crippen molar-refractivity contribution >= 4 is 40.1 Å². The van der Waals surface area contributed by atoms with Gasteiger partial charge in [0.1, 0.15) is 23.4 Å². The van der Waals surface area contributed by atoms with Crippen LogP contribution in [0.15, 0.2) is 66.2 Å². The quantitative estimate of drug-likeness (QED) is 0.223. The van der Waals surface area contributed by atoms with Crippen LogP contribution in [0.5, 0.6) is 11.5 Å². The van der Waals surface area contributed by atoms with Gasteiger partial charge in [0.25, 0.3) is 5.78 Å². The number of aliphatic hydroxyl groups excluding tert-OH is 1. The minimum atomic E-state index is -0.896. The third-order valence-electron chi connectivity index (χ3n) is 7.24. The molecule has 4 aromatic rings. The largest absolute Gasteiger partial charge is 0.507 e. The average molecular weight is 525 g/mol. The number of Topliss-reactive ketones (excluding diaryl/α,β-unsaturated/α-hetero) is 1. The van der Waals surface area contributed by atoms with Crippen LogP contribution in [0.25, 0.3) is 16.8 Å². The number of rotatable bonds is 5. The SMILES string of the molecule is COc1ccc2nc(N3C(=O)C(=O)/C(=C(/O)c4ccc5c(c4)CC(C)O5)C3c3ccc(N(C)C)cc3)[nH]c2c1. The number of nitrogens with one attached hydrogen (secondary N) is 1. The highest BCUT2D eigenvalue weighted by Crippen LogP contribution is 2.43. The fourth-order valence-corrected chi connectivity index (χ4v) is 5.26. The maximum absolute atomic E-state index is 13.6. The van der Waals surface area contributed by atoms with E-state index in [-0.39, 0.29) is 23.4 Å². The van der Waals surface area contributed by atoms with E-state index in [9.17, 15) is 14.7 Å². The first-order chi connectivity index (χ1) is 18.7. The summed E-state index contributed by atoms with van der Waals surface area (Å²) in [6.45, 7) is 1.98. The summed E-state index contributed by atoms with van der Waals surface area (Å²) in [5, 5.41) is 11.5. The predicted octanol–water partition coefficient (Wildman–Crippen LogP) is 4.59. The van der Waals surface area contributed by atoms with Crippen LogP contribution in [0.3, 0.4) is 0 Å². The fraction of sp³-hybridized carbons (Fsp3) is 0.233. The molecule has 0 radical (unpaired) electrons. The summed E-state index contributed by atoms with van der Waals surface area (Å²) in [6.07, 6.45) is 0.729. The third kappa shape index (κ3) is 4.06. The minimum Gasteiger partial charge on any atom is -0.507 e. The number of hydrogen-bond donors (Lipinski definition) is 2. The van der Waals surface area contributed by atoms with Crippen LogP contribution in [0, 0.1) is 0 Å². The summed E-state index contributed by atoms with van der Waals surface area (Å²) < 4.78 is 11.1. The average Bonchev–Trinajstić information content (AvgIpc) is 3.59. The Hall–Kier alpha value is -4.79. The van der Waals surface area contributed by atoms with E-state index >= 15 is 0 Å². The van der Waals surface area contributed by atoms with Gasteiger partial charge in [-0.2, -0.15) is 0 Å². The number of ketones is 1. The van der Waals surface area contributed by atoms with Crippen LogP contribution in [0.1, 0.15) is 29.7 Å². The van der Waals surface area contributed by atoms with Crippen molar-refractivity contribution in [1.29, 1.82) is 0 Å². The number of nitrogens with zero attached hydrogens (tertiary/aromatic N) is 3. The van der Waals surface area contributed by atoms with Gasteiger partial charge in [0.15, 0.2) is 0 Å². The predicted molar refractivity (Wildman–Crippen MR) is 148 cm³/mol. The second-order valence-corrected chi connectivity index (χ2v) is 10.1. The Morgan fingerprint density at radius 2 is 1.87 bits per heavy atom. The van der Waals surface area contributed by atoms with Crippen molar-refractivity contribution in [3.05, 3.63) is 82.9 Å². The second kappa shape index (κ2) is 9.20. The summed E-state index contributed by atoms with van der Waals surface area (Å²) in [6, 6.07) is 17.3. The van der Waals surface area contributed by atoms with Gasteiger partial charge in [-0.1, -0.05) is 12.1 Å². The third-order valence-corrected chi connectivity index (χ3v) is 7.24. The van der Waals surface area contributed by atoms with Gasteiger partial charge in [-0.05, 0) is 60.5 Å². The number of anilines is 2. The molecule has 1 amide bonds. The van der Waals surface area contributed by atoms with E-state index in [1.54, 1.807) is 37.4 Å². The molecule has 2 N–H and O–H groups in total. The standard InChI is InChI=1S/C30H28N4O5/c1-16-13-19-14-18(7-12-24(19)39-16)27(35)25-26(17-5-8-20(9-6-17)33(2)3)34(29(37)28(25)36)30-31-22-11-10-21(38-4)15-23(22)32-30/h5-12,14-16,26,35H,13H2,1-4H3,(H,31,32)/b27-25+. The molecule has 0 bridgehead atoms. The lowest BCUT2D eigenvalue weighted by atomic mass is 9.94. The lowest BCUT2D eigenvalue weighted by Crippen LogP contribution is -2.30. The van der Waals surface area contributed by atoms with Crippen LogP contribution >= 0.6 is 0 Å². The highest BCUT2D eigenvalue weighted by molar-refractivity contribution is 6.51. The molecule has 198 valence electrons. The van der Waals surface area contributed by atoms with Gasteiger partial charge in [0, 0.05) is 37.8 Å². The number of aromatic nitrogens is 2. The van der Waals surface area contributed by atoms with Crippen LogP contribution < -0.4 is 19.3 Å². The molecular formula is C30H28N4O5. The van der Waals surface area contributed by atoms with Crippen LogP contribution in [0.4, 0.5) is 11.6 Å². The number of hydrogen-bond acceptors (Lipinski definition) is 7. The number of amides is 1. The molecule has 1 saturated heterocycles. The zero-order valence-electron chi connectivity index (χ0n) is 22.1. The number of aromatic amines is 1. The Bertz CT molecular complexity index is 1650. The molecule has 1 aromatic heterocycles. The van der Waals surface area contributed by atoms with E-state index in [1.165, 1.54) is 4.90 Å². The lowest BCUT2D eigenvalue weighted by Gasteiger charge is -2.24. The Balaban J connectivity index is 1.52. The van der Waals surface area contributed by atoms with Crippen molar-refractivity contribution in [2.45, 2.75) is 25.5 Å². The molecule has 9 nitrogen and oxygen atoms in total. The molecule has 1 fully saturated rings. The highest BCUT2D eigenvalue weighted by Gasteiger charge is 2.48. The first kappa shape index (κ1) is 24.5. The molecule has 3 aromatic carbocycles. The number of carbonyl (C=O) groups excluding carboxylic acids is 2. The number of imidazole rings is 1. The molecule has 39 heavy (non-hydrogen) atoms. The van der Waals surface area contributed by atoms with Crippen molar-refractivity contribution < 1.29 is 24.2 Å². The number of H-pyrrole nitrogens is 1. The maximum Gasteiger partial charge on any atom is 0.302 e. The summed E-state index contributed by atoms with van der Waals surface area (Å²) >= 11 is 0. The first-order valence-electron chi connectivity index (χ1n) is 12.7. The van der Waals surface area contributed by atoms with E-state index in [2.05, 4.69) is 9.97 Å². The number of methoxy groups -OCH3 is 1. The molecule has 0 spiro atoms. The lowest BCUT2D eigenvalue weighted by molar-refractivity contribution is -0.132. The van der Waals surface area contributed by atoms with Gasteiger partial charge in [0.2, 0.25) is 5.95 Å². The van der Waals surface area contributed by atoms with Gasteiger partial charge in [0.05, 0.1) is 29.8 Å². The Morgan fingerprint density at radius 1 is 1.10 bits per heavy atom. The zero-order chi connectivity index (χ0) is 27.4. The molecule has 9 heteroatoms. The molecular weight excluding hydrogens is 496 g/mol. The normalized spacial score (nSPS) is 19.8. The van der Waals surface area contributed by atoms with E-state index in [0.717, 1.165) is 17.0 Å². The molecule has 2 unspecified atom stereocenters. The summed E-state index contributed by atoms with van der Waals surface area (Å²) in [4.78, 5) is 38.2. The van der Waals surface area contributed by atoms with Crippen molar-refractivity contribution in [2.24, 2.45) is 0 Å². The topological polar surface area (TPSA) is 108 Å². The molecule has 0 saturated carbocycles. The smallest absolute Gasteiger partial charge is 0.302 e. The van der Waals surface area contributed by atoms with Crippen molar-refractivity contribution in [3.8, 4) is 11.5 Å².